The average molecular weight is 412 g/mol. The summed E-state index contributed by atoms with van der Waals surface area (Å²) in [5.41, 5.74) is 8.11. The zero-order valence-corrected chi connectivity index (χ0v) is 17.3. The third kappa shape index (κ3) is 3.07. The van der Waals surface area contributed by atoms with Gasteiger partial charge in [0, 0.05) is 18.1 Å². The van der Waals surface area contributed by atoms with Gasteiger partial charge in [-0.15, -0.1) is 10.2 Å². The summed E-state index contributed by atoms with van der Waals surface area (Å²) in [4.78, 5) is 20.7. The second-order valence-corrected chi connectivity index (χ2v) is 7.30. The number of nitrogens with zero attached hydrogens (tertiary/aromatic N) is 6. The lowest BCUT2D eigenvalue weighted by molar-refractivity contribution is 0.630. The highest BCUT2D eigenvalue weighted by molar-refractivity contribution is 6.04. The first-order valence-electron chi connectivity index (χ1n) is 9.79. The van der Waals surface area contributed by atoms with Crippen LogP contribution in [0.5, 0.6) is 0 Å². The van der Waals surface area contributed by atoms with E-state index in [0.717, 1.165) is 27.8 Å². The molecule has 0 bridgehead atoms. The van der Waals surface area contributed by atoms with Gasteiger partial charge in [0.15, 0.2) is 5.65 Å². The molecule has 0 aliphatic heterocycles. The molecule has 0 aliphatic rings. The van der Waals surface area contributed by atoms with Crippen molar-refractivity contribution in [3.63, 3.8) is 0 Å². The Kier molecular flexibility index (Phi) is 4.36. The minimum Gasteiger partial charge on any atom is -0.337 e. The Balaban J connectivity index is 1.46. The second kappa shape index (κ2) is 7.21. The van der Waals surface area contributed by atoms with Gasteiger partial charge in [-0.05, 0) is 31.5 Å². The van der Waals surface area contributed by atoms with Crippen LogP contribution in [0.4, 0.5) is 5.95 Å². The highest BCUT2D eigenvalue weighted by Crippen LogP contribution is 2.24. The molecule has 0 unspecified atom stereocenters. The zero-order valence-electron chi connectivity index (χ0n) is 17.3. The number of nitrogens with one attached hydrogen (secondary N) is 2. The number of hydrogen-bond acceptors (Lipinski definition) is 6. The van der Waals surface area contributed by atoms with Crippen molar-refractivity contribution >= 4 is 34.2 Å². The summed E-state index contributed by atoms with van der Waals surface area (Å²) in [6.07, 6.45) is 1.49. The van der Waals surface area contributed by atoms with Crippen LogP contribution in [0.3, 0.4) is 0 Å². The molecule has 31 heavy (non-hydrogen) atoms. The van der Waals surface area contributed by atoms with Crippen molar-refractivity contribution in [1.29, 1.82) is 0 Å². The molecule has 9 nitrogen and oxygen atoms in total. The van der Waals surface area contributed by atoms with Crippen LogP contribution < -0.4 is 11.0 Å². The molecule has 0 spiro atoms. The number of H-pyrrole nitrogens is 1. The van der Waals surface area contributed by atoms with Gasteiger partial charge in [-0.3, -0.25) is 9.48 Å². The largest absolute Gasteiger partial charge is 0.337 e. The van der Waals surface area contributed by atoms with Gasteiger partial charge in [0.1, 0.15) is 5.52 Å². The van der Waals surface area contributed by atoms with Gasteiger partial charge in [-0.2, -0.15) is 10.1 Å². The minimum atomic E-state index is -0.155. The normalized spacial score (nSPS) is 11.7. The standard InChI is InChI=1S/C22H20N8O/c1-13-8-7-11-16-18(13)24-20-19(16)26-28-22(25-20)27-23-12-17-14(2)29(3)30(21(17)31)15-9-5-4-6-10-15/h4-12H,1-3H3,(H2,24,25,27,28)/b23-12+. The fourth-order valence-electron chi connectivity index (χ4n) is 3.68. The van der Waals surface area contributed by atoms with Gasteiger partial charge in [0.2, 0.25) is 0 Å². The maximum absolute atomic E-state index is 12.9. The van der Waals surface area contributed by atoms with Crippen molar-refractivity contribution in [3.8, 4) is 5.69 Å². The lowest BCUT2D eigenvalue weighted by Crippen LogP contribution is -2.20. The molecule has 0 fully saturated rings. The Bertz CT molecular complexity index is 1510. The number of aryl methyl sites for hydroxylation is 1. The number of rotatable bonds is 4. The number of fused-ring (bicyclic) bond motifs is 3. The van der Waals surface area contributed by atoms with Crippen LogP contribution in [0.2, 0.25) is 0 Å². The van der Waals surface area contributed by atoms with Crippen LogP contribution in [0.15, 0.2) is 58.4 Å². The smallest absolute Gasteiger partial charge is 0.280 e. The van der Waals surface area contributed by atoms with E-state index in [1.54, 1.807) is 9.36 Å². The van der Waals surface area contributed by atoms with Crippen LogP contribution in [0.1, 0.15) is 16.8 Å². The maximum Gasteiger partial charge on any atom is 0.280 e. The molecule has 3 heterocycles. The molecular weight excluding hydrogens is 392 g/mol. The number of benzene rings is 2. The Hall–Kier alpha value is -4.27. The molecule has 0 aliphatic carbocycles. The monoisotopic (exact) mass is 412 g/mol. The molecule has 3 aromatic heterocycles. The predicted molar refractivity (Wildman–Crippen MR) is 121 cm³/mol. The molecule has 0 saturated heterocycles. The Labute approximate surface area is 177 Å². The first-order chi connectivity index (χ1) is 15.0. The van der Waals surface area contributed by atoms with E-state index in [2.05, 4.69) is 30.7 Å². The molecule has 5 aromatic rings. The quantitative estimate of drug-likeness (QED) is 0.349. The highest BCUT2D eigenvalue weighted by atomic mass is 16.1. The van der Waals surface area contributed by atoms with Crippen LogP contribution in [0, 0.1) is 13.8 Å². The zero-order chi connectivity index (χ0) is 21.5. The van der Waals surface area contributed by atoms with E-state index in [-0.39, 0.29) is 11.5 Å². The van der Waals surface area contributed by atoms with Crippen LogP contribution >= 0.6 is 0 Å². The summed E-state index contributed by atoms with van der Waals surface area (Å²) in [7, 11) is 1.84. The molecule has 9 heteroatoms. The Morgan fingerprint density at radius 2 is 1.87 bits per heavy atom. The highest BCUT2D eigenvalue weighted by Gasteiger charge is 2.14. The molecule has 0 saturated carbocycles. The van der Waals surface area contributed by atoms with Crippen molar-refractivity contribution in [3.05, 3.63) is 75.7 Å². The van der Waals surface area contributed by atoms with E-state index in [9.17, 15) is 4.79 Å². The van der Waals surface area contributed by atoms with E-state index in [0.29, 0.717) is 16.7 Å². The second-order valence-electron chi connectivity index (χ2n) is 7.30. The fourth-order valence-corrected chi connectivity index (χ4v) is 3.68. The average Bonchev–Trinajstić information content (AvgIpc) is 3.25. The first-order valence-corrected chi connectivity index (χ1v) is 9.79. The van der Waals surface area contributed by atoms with E-state index in [1.165, 1.54) is 6.21 Å². The van der Waals surface area contributed by atoms with Crippen molar-refractivity contribution in [2.24, 2.45) is 12.1 Å². The summed E-state index contributed by atoms with van der Waals surface area (Å²) >= 11 is 0. The number of hydrogen-bond donors (Lipinski definition) is 2. The fraction of sp³-hybridized carbons (Fsp3) is 0.136. The van der Waals surface area contributed by atoms with Crippen LogP contribution in [-0.4, -0.2) is 35.7 Å². The van der Waals surface area contributed by atoms with Gasteiger partial charge in [0.25, 0.3) is 11.5 Å². The molecule has 0 radical (unpaired) electrons. The number of anilines is 1. The Morgan fingerprint density at radius 3 is 2.68 bits per heavy atom. The van der Waals surface area contributed by atoms with Gasteiger partial charge in [0.05, 0.1) is 23.0 Å². The molecular formula is C22H20N8O. The summed E-state index contributed by atoms with van der Waals surface area (Å²) in [6, 6.07) is 15.5. The molecule has 154 valence electrons. The Morgan fingerprint density at radius 1 is 1.06 bits per heavy atom. The number of para-hydroxylation sites is 2. The van der Waals surface area contributed by atoms with Crippen molar-refractivity contribution in [2.75, 3.05) is 5.43 Å². The van der Waals surface area contributed by atoms with Gasteiger partial charge < -0.3 is 4.98 Å². The van der Waals surface area contributed by atoms with E-state index >= 15 is 0 Å². The lowest BCUT2D eigenvalue weighted by atomic mass is 10.1. The molecule has 2 aromatic carbocycles. The molecule has 2 N–H and O–H groups in total. The SMILES string of the molecule is Cc1cccc2c1[nH]c1nc(N/N=C/c3c(C)n(C)n(-c4ccccc4)c3=O)nnc12. The number of aromatic amines is 1. The maximum atomic E-state index is 12.9. The third-order valence-electron chi connectivity index (χ3n) is 5.41. The topological polar surface area (TPSA) is 106 Å². The molecule has 0 amide bonds. The summed E-state index contributed by atoms with van der Waals surface area (Å²) in [5, 5.41) is 13.5. The van der Waals surface area contributed by atoms with E-state index in [1.807, 2.05) is 69.4 Å². The van der Waals surface area contributed by atoms with Crippen molar-refractivity contribution in [1.82, 2.24) is 29.5 Å². The molecule has 0 atom stereocenters. The van der Waals surface area contributed by atoms with Crippen LogP contribution in [-0.2, 0) is 7.05 Å². The van der Waals surface area contributed by atoms with Crippen LogP contribution in [0.25, 0.3) is 27.8 Å². The van der Waals surface area contributed by atoms with Gasteiger partial charge >= 0.3 is 0 Å². The number of hydrazone groups is 1. The summed E-state index contributed by atoms with van der Waals surface area (Å²) in [5.74, 6) is 0.241. The molecule has 5 rings (SSSR count). The first kappa shape index (κ1) is 18.7. The minimum absolute atomic E-state index is 0.155. The summed E-state index contributed by atoms with van der Waals surface area (Å²) in [6.45, 7) is 3.90. The summed E-state index contributed by atoms with van der Waals surface area (Å²) < 4.78 is 3.41. The van der Waals surface area contributed by atoms with Gasteiger partial charge in [-0.1, -0.05) is 36.4 Å². The van der Waals surface area contributed by atoms with E-state index in [4.69, 9.17) is 0 Å². The number of aromatic nitrogens is 6. The van der Waals surface area contributed by atoms with E-state index < -0.39 is 0 Å². The third-order valence-corrected chi connectivity index (χ3v) is 5.41. The predicted octanol–water partition coefficient (Wildman–Crippen LogP) is 3.06. The van der Waals surface area contributed by atoms with Gasteiger partial charge in [-0.25, -0.2) is 10.1 Å². The van der Waals surface area contributed by atoms with Crippen molar-refractivity contribution in [2.45, 2.75) is 13.8 Å². The lowest BCUT2D eigenvalue weighted by Gasteiger charge is -2.07. The van der Waals surface area contributed by atoms with Crippen molar-refractivity contribution < 1.29 is 0 Å².